The number of carbonyl (C=O) groups excluding carboxylic acids is 1. The quantitative estimate of drug-likeness (QED) is 0.837. The second-order valence-corrected chi connectivity index (χ2v) is 4.54. The molecule has 0 radical (unpaired) electrons. The van der Waals surface area contributed by atoms with Crippen molar-refractivity contribution in [1.82, 2.24) is 5.32 Å². The summed E-state index contributed by atoms with van der Waals surface area (Å²) in [6.45, 7) is 1.19. The van der Waals surface area contributed by atoms with E-state index in [9.17, 15) is 9.59 Å². The van der Waals surface area contributed by atoms with E-state index in [0.29, 0.717) is 19.6 Å². The number of carbonyl (C=O) groups is 2. The van der Waals surface area contributed by atoms with Gasteiger partial charge < -0.3 is 15.2 Å². The number of amides is 1. The highest BCUT2D eigenvalue weighted by atomic mass is 16.5. The molecule has 2 rings (SSSR count). The van der Waals surface area contributed by atoms with E-state index in [-0.39, 0.29) is 17.6 Å². The van der Waals surface area contributed by atoms with Gasteiger partial charge in [0.05, 0.1) is 5.56 Å². The minimum atomic E-state index is -0.932. The van der Waals surface area contributed by atoms with Crippen molar-refractivity contribution in [3.63, 3.8) is 0 Å². The van der Waals surface area contributed by atoms with Crippen LogP contribution in [0.1, 0.15) is 28.8 Å². The molecule has 1 heterocycles. The highest BCUT2D eigenvalue weighted by Crippen LogP contribution is 2.11. The number of hydrogen-bond acceptors (Lipinski definition) is 3. The average Bonchev–Trinajstić information content (AvgIpc) is 2.93. The topological polar surface area (TPSA) is 75.6 Å². The van der Waals surface area contributed by atoms with Gasteiger partial charge in [-0.3, -0.25) is 4.79 Å². The molecule has 1 aliphatic heterocycles. The van der Waals surface area contributed by atoms with E-state index >= 15 is 0 Å². The predicted molar refractivity (Wildman–Crippen MR) is 69.1 cm³/mol. The lowest BCUT2D eigenvalue weighted by molar-refractivity contribution is -0.129. The molecule has 1 saturated heterocycles. The molecule has 1 aliphatic rings. The van der Waals surface area contributed by atoms with Crippen molar-refractivity contribution >= 4 is 11.9 Å². The van der Waals surface area contributed by atoms with Crippen LogP contribution in [0.2, 0.25) is 0 Å². The first kappa shape index (κ1) is 13.5. The molecule has 1 atom stereocenters. The Bertz CT molecular complexity index is 449. The van der Waals surface area contributed by atoms with Gasteiger partial charge in [0.2, 0.25) is 5.91 Å². The maximum Gasteiger partial charge on any atom is 0.335 e. The van der Waals surface area contributed by atoms with Crippen LogP contribution in [-0.2, 0) is 16.0 Å². The van der Waals surface area contributed by atoms with Gasteiger partial charge in [-0.1, -0.05) is 12.1 Å². The number of benzene rings is 1. The summed E-state index contributed by atoms with van der Waals surface area (Å²) in [5.41, 5.74) is 1.27. The molecule has 0 saturated carbocycles. The summed E-state index contributed by atoms with van der Waals surface area (Å²) in [6.07, 6.45) is 2.11. The number of rotatable bonds is 5. The molecule has 2 N–H and O–H groups in total. The fraction of sp³-hybridized carbons (Fsp3) is 0.429. The molecular weight excluding hydrogens is 246 g/mol. The molecule has 1 fully saturated rings. The lowest BCUT2D eigenvalue weighted by Gasteiger charge is -2.10. The second kappa shape index (κ2) is 6.33. The summed E-state index contributed by atoms with van der Waals surface area (Å²) in [7, 11) is 0. The maximum absolute atomic E-state index is 11.7. The Morgan fingerprint density at radius 1 is 1.32 bits per heavy atom. The molecule has 0 bridgehead atoms. The molecule has 0 spiro atoms. The fourth-order valence-corrected chi connectivity index (χ4v) is 2.04. The van der Waals surface area contributed by atoms with Gasteiger partial charge in [0.25, 0.3) is 0 Å². The van der Waals surface area contributed by atoms with Crippen molar-refractivity contribution in [2.75, 3.05) is 13.2 Å². The Kier molecular flexibility index (Phi) is 4.52. The van der Waals surface area contributed by atoms with Crippen LogP contribution < -0.4 is 5.32 Å². The van der Waals surface area contributed by atoms with Crippen LogP contribution in [0.4, 0.5) is 0 Å². The van der Waals surface area contributed by atoms with Crippen LogP contribution in [0.3, 0.4) is 0 Å². The van der Waals surface area contributed by atoms with E-state index < -0.39 is 5.97 Å². The third-order valence-electron chi connectivity index (χ3n) is 3.14. The smallest absolute Gasteiger partial charge is 0.335 e. The average molecular weight is 263 g/mol. The molecule has 0 aromatic heterocycles. The van der Waals surface area contributed by atoms with Gasteiger partial charge in [-0.05, 0) is 37.0 Å². The van der Waals surface area contributed by atoms with Crippen molar-refractivity contribution in [2.45, 2.75) is 25.4 Å². The minimum Gasteiger partial charge on any atom is -0.478 e. The minimum absolute atomic E-state index is 0.0559. The van der Waals surface area contributed by atoms with Gasteiger partial charge in [-0.2, -0.15) is 0 Å². The molecule has 5 nitrogen and oxygen atoms in total. The van der Waals surface area contributed by atoms with E-state index in [1.54, 1.807) is 24.3 Å². The summed E-state index contributed by atoms with van der Waals surface area (Å²) >= 11 is 0. The van der Waals surface area contributed by atoms with Crippen molar-refractivity contribution < 1.29 is 19.4 Å². The van der Waals surface area contributed by atoms with E-state index in [2.05, 4.69) is 5.32 Å². The number of carboxylic acid groups (broad SMARTS) is 1. The molecule has 19 heavy (non-hydrogen) atoms. The Balaban J connectivity index is 1.75. The molecule has 102 valence electrons. The summed E-state index contributed by atoms with van der Waals surface area (Å²) in [5.74, 6) is -0.988. The van der Waals surface area contributed by atoms with Crippen LogP contribution >= 0.6 is 0 Å². The zero-order valence-electron chi connectivity index (χ0n) is 10.6. The lowest BCUT2D eigenvalue weighted by Crippen LogP contribution is -2.35. The molecular formula is C14H17NO4. The zero-order valence-corrected chi connectivity index (χ0v) is 10.6. The fourth-order valence-electron chi connectivity index (χ4n) is 2.04. The van der Waals surface area contributed by atoms with E-state index in [1.807, 2.05) is 0 Å². The van der Waals surface area contributed by atoms with Crippen molar-refractivity contribution in [3.8, 4) is 0 Å². The number of carboxylic acids is 1. The molecule has 1 aromatic carbocycles. The first-order chi connectivity index (χ1) is 9.16. The Hall–Kier alpha value is -1.88. The zero-order chi connectivity index (χ0) is 13.7. The summed E-state index contributed by atoms with van der Waals surface area (Å²) in [5, 5.41) is 11.6. The monoisotopic (exact) mass is 263 g/mol. The van der Waals surface area contributed by atoms with Crippen molar-refractivity contribution in [2.24, 2.45) is 0 Å². The van der Waals surface area contributed by atoms with Crippen molar-refractivity contribution in [1.29, 1.82) is 0 Å². The van der Waals surface area contributed by atoms with E-state index in [1.165, 1.54) is 0 Å². The third kappa shape index (κ3) is 3.79. The highest BCUT2D eigenvalue weighted by Gasteiger charge is 2.22. The standard InChI is InChI=1S/C14H17NO4/c16-13(12-2-1-9-19-12)15-8-7-10-3-5-11(6-4-10)14(17)18/h3-6,12H,1-2,7-9H2,(H,15,16)(H,17,18)/t12-/m1/s1. The Morgan fingerprint density at radius 2 is 2.05 bits per heavy atom. The first-order valence-electron chi connectivity index (χ1n) is 6.38. The summed E-state index contributed by atoms with van der Waals surface area (Å²) in [4.78, 5) is 22.4. The molecule has 1 amide bonds. The van der Waals surface area contributed by atoms with Crippen LogP contribution in [0.5, 0.6) is 0 Å². The lowest BCUT2D eigenvalue weighted by atomic mass is 10.1. The number of aromatic carboxylic acids is 1. The molecule has 5 heteroatoms. The van der Waals surface area contributed by atoms with E-state index in [4.69, 9.17) is 9.84 Å². The highest BCUT2D eigenvalue weighted by molar-refractivity contribution is 5.87. The first-order valence-corrected chi connectivity index (χ1v) is 6.38. The number of hydrogen-bond donors (Lipinski definition) is 2. The Morgan fingerprint density at radius 3 is 2.63 bits per heavy atom. The number of ether oxygens (including phenoxy) is 1. The summed E-state index contributed by atoms with van der Waals surface area (Å²) < 4.78 is 5.28. The SMILES string of the molecule is O=C(O)c1ccc(CCNC(=O)[C@H]2CCCO2)cc1. The van der Waals surface area contributed by atoms with Gasteiger partial charge in [0, 0.05) is 13.2 Å². The van der Waals surface area contributed by atoms with Crippen LogP contribution in [0.25, 0.3) is 0 Å². The van der Waals surface area contributed by atoms with Crippen LogP contribution in [-0.4, -0.2) is 36.2 Å². The van der Waals surface area contributed by atoms with Crippen molar-refractivity contribution in [3.05, 3.63) is 35.4 Å². The van der Waals surface area contributed by atoms with Gasteiger partial charge in [0.1, 0.15) is 6.10 Å². The van der Waals surface area contributed by atoms with Gasteiger partial charge >= 0.3 is 5.97 Å². The maximum atomic E-state index is 11.7. The largest absolute Gasteiger partial charge is 0.478 e. The van der Waals surface area contributed by atoms with Gasteiger partial charge in [0.15, 0.2) is 0 Å². The summed E-state index contributed by atoms with van der Waals surface area (Å²) in [6, 6.07) is 6.67. The molecule has 1 aromatic rings. The molecule has 0 aliphatic carbocycles. The van der Waals surface area contributed by atoms with Crippen LogP contribution in [0.15, 0.2) is 24.3 Å². The van der Waals surface area contributed by atoms with Crippen LogP contribution in [0, 0.1) is 0 Å². The Labute approximate surface area is 111 Å². The third-order valence-corrected chi connectivity index (χ3v) is 3.14. The predicted octanol–water partition coefficient (Wildman–Crippen LogP) is 1.22. The molecule has 0 unspecified atom stereocenters. The van der Waals surface area contributed by atoms with Gasteiger partial charge in [-0.15, -0.1) is 0 Å². The number of nitrogens with one attached hydrogen (secondary N) is 1. The van der Waals surface area contributed by atoms with E-state index in [0.717, 1.165) is 18.4 Å². The van der Waals surface area contributed by atoms with Gasteiger partial charge in [-0.25, -0.2) is 4.79 Å². The second-order valence-electron chi connectivity index (χ2n) is 4.54. The normalized spacial score (nSPS) is 18.2.